The maximum Gasteiger partial charge on any atom is 0.347 e. The van der Waals surface area contributed by atoms with Gasteiger partial charge in [0.2, 0.25) is 5.60 Å². The van der Waals surface area contributed by atoms with Gasteiger partial charge in [-0.25, -0.2) is 4.79 Å². The van der Waals surface area contributed by atoms with Gasteiger partial charge in [0.05, 0.1) is 52.5 Å². The summed E-state index contributed by atoms with van der Waals surface area (Å²) in [5.41, 5.74) is -1.55. The first-order valence-electron chi connectivity index (χ1n) is 7.16. The first-order valence-corrected chi connectivity index (χ1v) is 7.16. The van der Waals surface area contributed by atoms with E-state index in [1.807, 2.05) is 0 Å². The zero-order valence-electron chi connectivity index (χ0n) is 13.4. The van der Waals surface area contributed by atoms with Crippen LogP contribution in [0.3, 0.4) is 0 Å². The molecule has 0 amide bonds. The number of carboxylic acids is 2. The summed E-state index contributed by atoms with van der Waals surface area (Å²) in [6.07, 6.45) is -0.0904. The van der Waals surface area contributed by atoms with Crippen molar-refractivity contribution in [3.05, 3.63) is 0 Å². The van der Waals surface area contributed by atoms with Gasteiger partial charge in [-0.2, -0.15) is 0 Å². The van der Waals surface area contributed by atoms with Crippen molar-refractivity contribution in [3.8, 4) is 0 Å². The Morgan fingerprint density at radius 2 is 1.22 bits per heavy atom. The lowest BCUT2D eigenvalue weighted by Crippen LogP contribution is -2.37. The van der Waals surface area contributed by atoms with Crippen LogP contribution < -0.4 is 0 Å². The third-order valence-corrected chi connectivity index (χ3v) is 2.54. The van der Waals surface area contributed by atoms with E-state index in [2.05, 4.69) is 0 Å². The van der Waals surface area contributed by atoms with E-state index in [1.54, 1.807) is 0 Å². The van der Waals surface area contributed by atoms with Gasteiger partial charge < -0.3 is 29.2 Å². The van der Waals surface area contributed by atoms with Gasteiger partial charge in [0.25, 0.3) is 0 Å². The molecule has 0 aliphatic carbocycles. The SMILES string of the molecule is CC(C)(OC(=O)CCOCCOCCOCCC(=O)O)C(=O)O. The molecule has 0 aliphatic rings. The van der Waals surface area contributed by atoms with E-state index in [1.165, 1.54) is 13.8 Å². The highest BCUT2D eigenvalue weighted by Crippen LogP contribution is 2.10. The number of carboxylic acid groups (broad SMARTS) is 2. The average molecular weight is 336 g/mol. The summed E-state index contributed by atoms with van der Waals surface area (Å²) in [6, 6.07) is 0. The monoisotopic (exact) mass is 336 g/mol. The number of rotatable bonds is 14. The lowest BCUT2D eigenvalue weighted by atomic mass is 10.1. The minimum Gasteiger partial charge on any atom is -0.481 e. The summed E-state index contributed by atoms with van der Waals surface area (Å²) < 4.78 is 20.1. The Kier molecular flexibility index (Phi) is 10.9. The average Bonchev–Trinajstić information content (AvgIpc) is 2.43. The lowest BCUT2D eigenvalue weighted by molar-refractivity contribution is -0.175. The molecule has 0 bridgehead atoms. The van der Waals surface area contributed by atoms with Gasteiger partial charge in [0.15, 0.2) is 0 Å². The van der Waals surface area contributed by atoms with Gasteiger partial charge in [0.1, 0.15) is 0 Å². The first-order chi connectivity index (χ1) is 10.8. The predicted octanol–water partition coefficient (Wildman–Crippen LogP) is 0.307. The Labute approximate surface area is 134 Å². The van der Waals surface area contributed by atoms with E-state index >= 15 is 0 Å². The molecular weight excluding hydrogens is 312 g/mol. The molecule has 9 nitrogen and oxygen atoms in total. The van der Waals surface area contributed by atoms with E-state index in [-0.39, 0.29) is 32.7 Å². The van der Waals surface area contributed by atoms with Gasteiger partial charge in [-0.1, -0.05) is 0 Å². The molecule has 0 heterocycles. The van der Waals surface area contributed by atoms with Gasteiger partial charge in [0, 0.05) is 0 Å². The van der Waals surface area contributed by atoms with Crippen LogP contribution in [0, 0.1) is 0 Å². The molecule has 0 atom stereocenters. The van der Waals surface area contributed by atoms with Crippen molar-refractivity contribution in [2.24, 2.45) is 0 Å². The smallest absolute Gasteiger partial charge is 0.347 e. The maximum absolute atomic E-state index is 11.4. The van der Waals surface area contributed by atoms with Crippen molar-refractivity contribution < 1.29 is 43.5 Å². The Hall–Kier alpha value is -1.71. The quantitative estimate of drug-likeness (QED) is 0.340. The Morgan fingerprint density at radius 1 is 0.783 bits per heavy atom. The number of hydrogen-bond acceptors (Lipinski definition) is 7. The molecule has 9 heteroatoms. The first kappa shape index (κ1) is 21.3. The molecule has 0 unspecified atom stereocenters. The van der Waals surface area contributed by atoms with Crippen LogP contribution in [-0.4, -0.2) is 73.4 Å². The van der Waals surface area contributed by atoms with Crippen molar-refractivity contribution in [1.29, 1.82) is 0 Å². The van der Waals surface area contributed by atoms with E-state index < -0.39 is 23.5 Å². The van der Waals surface area contributed by atoms with Crippen LogP contribution in [0.2, 0.25) is 0 Å². The van der Waals surface area contributed by atoms with Crippen LogP contribution in [0.1, 0.15) is 26.7 Å². The summed E-state index contributed by atoms with van der Waals surface area (Å²) in [5, 5.41) is 17.2. The predicted molar refractivity (Wildman–Crippen MR) is 77.1 cm³/mol. The third kappa shape index (κ3) is 12.5. The number of hydrogen-bond donors (Lipinski definition) is 2. The van der Waals surface area contributed by atoms with Crippen LogP contribution >= 0.6 is 0 Å². The van der Waals surface area contributed by atoms with E-state index in [4.69, 9.17) is 29.2 Å². The van der Waals surface area contributed by atoms with Crippen molar-refractivity contribution in [3.63, 3.8) is 0 Å². The molecule has 0 aliphatic heterocycles. The molecule has 0 saturated heterocycles. The van der Waals surface area contributed by atoms with Crippen LogP contribution in [0.4, 0.5) is 0 Å². The molecule has 0 aromatic heterocycles. The molecule has 0 radical (unpaired) electrons. The molecule has 23 heavy (non-hydrogen) atoms. The zero-order valence-corrected chi connectivity index (χ0v) is 13.4. The summed E-state index contributed by atoms with van der Waals surface area (Å²) in [7, 11) is 0. The van der Waals surface area contributed by atoms with Crippen molar-refractivity contribution >= 4 is 17.9 Å². The van der Waals surface area contributed by atoms with E-state index in [9.17, 15) is 14.4 Å². The minimum atomic E-state index is -1.55. The van der Waals surface area contributed by atoms with Gasteiger partial charge in [-0.05, 0) is 13.8 Å². The topological polar surface area (TPSA) is 129 Å². The van der Waals surface area contributed by atoms with Crippen molar-refractivity contribution in [2.75, 3.05) is 39.6 Å². The van der Waals surface area contributed by atoms with Gasteiger partial charge in [-0.3, -0.25) is 9.59 Å². The van der Waals surface area contributed by atoms with Crippen LogP contribution in [0.5, 0.6) is 0 Å². The van der Waals surface area contributed by atoms with Crippen LogP contribution in [0.15, 0.2) is 0 Å². The molecular formula is C14H24O9. The summed E-state index contributed by atoms with van der Waals surface area (Å²) in [4.78, 5) is 32.4. The van der Waals surface area contributed by atoms with Crippen molar-refractivity contribution in [2.45, 2.75) is 32.3 Å². The molecule has 2 N–H and O–H groups in total. The van der Waals surface area contributed by atoms with E-state index in [0.717, 1.165) is 0 Å². The Morgan fingerprint density at radius 3 is 1.65 bits per heavy atom. The second-order valence-electron chi connectivity index (χ2n) is 5.02. The molecule has 0 aromatic carbocycles. The standard InChI is InChI=1S/C14H24O9/c1-14(2,13(18)19)23-12(17)4-6-21-8-10-22-9-7-20-5-3-11(15)16/h3-10H2,1-2H3,(H,15,16)(H,18,19). The largest absolute Gasteiger partial charge is 0.481 e. The number of carbonyl (C=O) groups is 3. The fraction of sp³-hybridized carbons (Fsp3) is 0.786. The summed E-state index contributed by atoms with van der Waals surface area (Å²) in [6.45, 7) is 4.02. The van der Waals surface area contributed by atoms with Gasteiger partial charge >= 0.3 is 17.9 Å². The second kappa shape index (κ2) is 11.8. The number of esters is 1. The minimum absolute atomic E-state index is 0.0438. The molecule has 0 aromatic rings. The van der Waals surface area contributed by atoms with Crippen LogP contribution in [0.25, 0.3) is 0 Å². The Bertz CT molecular complexity index is 378. The normalized spacial score (nSPS) is 11.2. The molecule has 0 saturated carbocycles. The highest BCUT2D eigenvalue weighted by Gasteiger charge is 2.31. The fourth-order valence-electron chi connectivity index (χ4n) is 1.24. The highest BCUT2D eigenvalue weighted by atomic mass is 16.6. The van der Waals surface area contributed by atoms with E-state index in [0.29, 0.717) is 19.8 Å². The van der Waals surface area contributed by atoms with Gasteiger partial charge in [-0.15, -0.1) is 0 Å². The third-order valence-electron chi connectivity index (χ3n) is 2.54. The Balaban J connectivity index is 3.41. The highest BCUT2D eigenvalue weighted by molar-refractivity contribution is 5.81. The molecule has 0 rings (SSSR count). The number of aliphatic carboxylic acids is 2. The number of carbonyl (C=O) groups excluding carboxylic acids is 1. The number of ether oxygens (including phenoxy) is 4. The fourth-order valence-corrected chi connectivity index (χ4v) is 1.24. The summed E-state index contributed by atoms with van der Waals surface area (Å²) in [5.74, 6) is -2.78. The lowest BCUT2D eigenvalue weighted by Gasteiger charge is -2.19. The van der Waals surface area contributed by atoms with Crippen molar-refractivity contribution in [1.82, 2.24) is 0 Å². The molecule has 134 valence electrons. The zero-order chi connectivity index (χ0) is 17.7. The molecule has 0 spiro atoms. The second-order valence-corrected chi connectivity index (χ2v) is 5.02. The molecule has 0 fully saturated rings. The maximum atomic E-state index is 11.4. The van der Waals surface area contributed by atoms with Crippen LogP contribution in [-0.2, 0) is 33.3 Å². The summed E-state index contributed by atoms with van der Waals surface area (Å²) >= 11 is 0.